The van der Waals surface area contributed by atoms with Crippen LogP contribution in [0, 0.1) is 0 Å². The van der Waals surface area contributed by atoms with Crippen LogP contribution in [-0.4, -0.2) is 41.3 Å². The zero-order chi connectivity index (χ0) is 15.0. The third-order valence-corrected chi connectivity index (χ3v) is 5.17. The molecular formula is C11H9FN4O3S2. The van der Waals surface area contributed by atoms with Gasteiger partial charge in [-0.25, -0.2) is 0 Å². The molecule has 2 aromatic heterocycles. The van der Waals surface area contributed by atoms with Crippen molar-refractivity contribution in [3.05, 3.63) is 24.5 Å². The van der Waals surface area contributed by atoms with Gasteiger partial charge in [-0.3, -0.25) is 14.7 Å². The van der Waals surface area contributed by atoms with Crippen molar-refractivity contribution in [2.75, 3.05) is 11.4 Å². The Bertz CT molecular complexity index is 778. The summed E-state index contributed by atoms with van der Waals surface area (Å²) < 4.78 is 34.8. The van der Waals surface area contributed by atoms with Gasteiger partial charge in [-0.05, 0) is 12.1 Å². The fourth-order valence-corrected chi connectivity index (χ4v) is 3.53. The van der Waals surface area contributed by atoms with Crippen molar-refractivity contribution in [2.45, 2.75) is 11.7 Å². The lowest BCUT2D eigenvalue weighted by atomic mass is 10.3. The summed E-state index contributed by atoms with van der Waals surface area (Å²) in [4.78, 5) is 16.8. The molecule has 1 fully saturated rings. The lowest BCUT2D eigenvalue weighted by Gasteiger charge is -2.10. The molecule has 0 spiro atoms. The molecule has 1 atom stereocenters. The summed E-state index contributed by atoms with van der Waals surface area (Å²) in [5, 5.41) is 7.34. The number of rotatable bonds is 3. The van der Waals surface area contributed by atoms with Crippen LogP contribution in [0.5, 0.6) is 0 Å². The molecule has 1 unspecified atom stereocenters. The minimum Gasteiger partial charge on any atom is -0.285 e. The molecule has 0 aromatic carbocycles. The van der Waals surface area contributed by atoms with Crippen LogP contribution in [0.3, 0.4) is 0 Å². The molecule has 1 saturated heterocycles. The number of amides is 1. The second-order valence-electron chi connectivity index (χ2n) is 4.43. The van der Waals surface area contributed by atoms with Gasteiger partial charge in [-0.15, -0.1) is 14.1 Å². The fraction of sp³-hybridized carbons (Fsp3) is 0.273. The van der Waals surface area contributed by atoms with E-state index in [9.17, 15) is 17.1 Å². The van der Waals surface area contributed by atoms with Gasteiger partial charge in [0.1, 0.15) is 10.3 Å². The molecule has 10 heteroatoms. The van der Waals surface area contributed by atoms with Crippen molar-refractivity contribution in [2.24, 2.45) is 0 Å². The number of nitrogens with zero attached hydrogens (tertiary/aromatic N) is 4. The van der Waals surface area contributed by atoms with Crippen molar-refractivity contribution < 1.29 is 17.1 Å². The van der Waals surface area contributed by atoms with Crippen molar-refractivity contribution in [1.29, 1.82) is 0 Å². The van der Waals surface area contributed by atoms with E-state index in [0.717, 1.165) is 21.8 Å². The predicted molar refractivity (Wildman–Crippen MR) is 73.9 cm³/mol. The predicted octanol–water partition coefficient (Wildman–Crippen LogP) is 1.00. The molecular weight excluding hydrogens is 319 g/mol. The average molecular weight is 328 g/mol. The van der Waals surface area contributed by atoms with Gasteiger partial charge in [0.15, 0.2) is 0 Å². The summed E-state index contributed by atoms with van der Waals surface area (Å²) in [6, 6.07) is 3.48. The molecule has 0 N–H and O–H groups in total. The monoisotopic (exact) mass is 328 g/mol. The maximum absolute atomic E-state index is 13.0. The van der Waals surface area contributed by atoms with E-state index < -0.39 is 21.4 Å². The molecule has 110 valence electrons. The van der Waals surface area contributed by atoms with Crippen LogP contribution in [0.2, 0.25) is 0 Å². The second kappa shape index (κ2) is 5.11. The molecule has 1 aliphatic heterocycles. The first-order valence-electron chi connectivity index (χ1n) is 5.93. The van der Waals surface area contributed by atoms with E-state index >= 15 is 0 Å². The molecule has 0 bridgehead atoms. The summed E-state index contributed by atoms with van der Waals surface area (Å²) in [6.07, 6.45) is 2.83. The SMILES string of the molecule is O=C1CC(S(=O)(=O)F)CN1c1nnc(-c2ccncc2)s1. The number of halogens is 1. The first-order valence-corrected chi connectivity index (χ1v) is 8.19. The van der Waals surface area contributed by atoms with Crippen molar-refractivity contribution in [1.82, 2.24) is 15.2 Å². The highest BCUT2D eigenvalue weighted by Gasteiger charge is 2.40. The molecule has 1 amide bonds. The third-order valence-electron chi connectivity index (χ3n) is 3.06. The molecule has 3 heterocycles. The van der Waals surface area contributed by atoms with Crippen molar-refractivity contribution in [3.63, 3.8) is 0 Å². The summed E-state index contributed by atoms with van der Waals surface area (Å²) in [7, 11) is -4.74. The van der Waals surface area contributed by atoms with E-state index in [-0.39, 0.29) is 18.1 Å². The van der Waals surface area contributed by atoms with Gasteiger partial charge >= 0.3 is 10.2 Å². The number of anilines is 1. The highest BCUT2D eigenvalue weighted by atomic mass is 32.3. The van der Waals surface area contributed by atoms with Crippen LogP contribution in [-0.2, 0) is 15.0 Å². The molecule has 0 radical (unpaired) electrons. The van der Waals surface area contributed by atoms with E-state index in [1.807, 2.05) is 0 Å². The second-order valence-corrected chi connectivity index (χ2v) is 7.01. The smallest absolute Gasteiger partial charge is 0.285 e. The molecule has 2 aromatic rings. The number of carbonyl (C=O) groups is 1. The third kappa shape index (κ3) is 2.76. The van der Waals surface area contributed by atoms with Crippen molar-refractivity contribution in [3.8, 4) is 10.6 Å². The Morgan fingerprint density at radius 3 is 2.62 bits per heavy atom. The minimum absolute atomic E-state index is 0.233. The maximum atomic E-state index is 13.0. The lowest BCUT2D eigenvalue weighted by Crippen LogP contribution is -2.26. The normalized spacial score (nSPS) is 19.2. The van der Waals surface area contributed by atoms with Crippen LogP contribution in [0.1, 0.15) is 6.42 Å². The number of pyridine rings is 1. The number of hydrogen-bond donors (Lipinski definition) is 0. The van der Waals surface area contributed by atoms with E-state index in [4.69, 9.17) is 0 Å². The van der Waals surface area contributed by atoms with Crippen molar-refractivity contribution >= 4 is 32.6 Å². The van der Waals surface area contributed by atoms with Crippen LogP contribution in [0.15, 0.2) is 24.5 Å². The highest BCUT2D eigenvalue weighted by Crippen LogP contribution is 2.32. The summed E-state index contributed by atoms with van der Waals surface area (Å²) in [6.45, 7) is -0.233. The Hall–Kier alpha value is -1.94. The first-order chi connectivity index (χ1) is 9.95. The standard InChI is InChI=1S/C11H9FN4O3S2/c12-21(18,19)8-5-9(17)16(6-8)11-15-14-10(20-11)7-1-3-13-4-2-7/h1-4,8H,5-6H2. The molecule has 0 aliphatic carbocycles. The molecule has 0 saturated carbocycles. The Labute approximate surface area is 123 Å². The Balaban J connectivity index is 1.86. The van der Waals surface area contributed by atoms with Gasteiger partial charge in [-0.1, -0.05) is 11.3 Å². The highest BCUT2D eigenvalue weighted by molar-refractivity contribution is 7.87. The number of carbonyl (C=O) groups excluding carboxylic acids is 1. The van der Waals surface area contributed by atoms with E-state index in [2.05, 4.69) is 15.2 Å². The first kappa shape index (κ1) is 14.0. The van der Waals surface area contributed by atoms with E-state index in [1.165, 1.54) is 0 Å². The molecule has 7 nitrogen and oxygen atoms in total. The molecule has 21 heavy (non-hydrogen) atoms. The topological polar surface area (TPSA) is 93.1 Å². The zero-order valence-electron chi connectivity index (χ0n) is 10.5. The summed E-state index contributed by atoms with van der Waals surface area (Å²) in [5.74, 6) is -0.473. The van der Waals surface area contributed by atoms with Crippen LogP contribution >= 0.6 is 11.3 Å². The summed E-state index contributed by atoms with van der Waals surface area (Å²) in [5.41, 5.74) is 0.787. The van der Waals surface area contributed by atoms with E-state index in [1.54, 1.807) is 24.5 Å². The fourth-order valence-electron chi connectivity index (χ4n) is 1.98. The lowest BCUT2D eigenvalue weighted by molar-refractivity contribution is -0.117. The van der Waals surface area contributed by atoms with Gasteiger partial charge in [0.05, 0.1) is 0 Å². The Kier molecular flexibility index (Phi) is 3.41. The molecule has 1 aliphatic rings. The number of hydrogen-bond acceptors (Lipinski definition) is 7. The van der Waals surface area contributed by atoms with Gasteiger partial charge in [0, 0.05) is 30.9 Å². The minimum atomic E-state index is -4.74. The van der Waals surface area contributed by atoms with Crippen LogP contribution in [0.4, 0.5) is 9.02 Å². The average Bonchev–Trinajstić information content (AvgIpc) is 3.05. The zero-order valence-corrected chi connectivity index (χ0v) is 12.1. The summed E-state index contributed by atoms with van der Waals surface area (Å²) >= 11 is 1.14. The Morgan fingerprint density at radius 2 is 2.00 bits per heavy atom. The Morgan fingerprint density at radius 1 is 1.29 bits per heavy atom. The van der Waals surface area contributed by atoms with Gasteiger partial charge in [0.25, 0.3) is 0 Å². The van der Waals surface area contributed by atoms with Gasteiger partial charge in [-0.2, -0.15) is 8.42 Å². The quantitative estimate of drug-likeness (QED) is 0.781. The van der Waals surface area contributed by atoms with E-state index in [0.29, 0.717) is 5.01 Å². The number of aromatic nitrogens is 3. The largest absolute Gasteiger partial charge is 0.307 e. The van der Waals surface area contributed by atoms with Crippen LogP contribution in [0.25, 0.3) is 10.6 Å². The molecule has 3 rings (SSSR count). The van der Waals surface area contributed by atoms with Gasteiger partial charge < -0.3 is 0 Å². The van der Waals surface area contributed by atoms with Gasteiger partial charge in [0.2, 0.25) is 11.0 Å². The maximum Gasteiger partial charge on any atom is 0.307 e. The van der Waals surface area contributed by atoms with Crippen LogP contribution < -0.4 is 4.90 Å².